The van der Waals surface area contributed by atoms with E-state index in [0.29, 0.717) is 0 Å². The highest BCUT2D eigenvalue weighted by Gasteiger charge is 2.02. The van der Waals surface area contributed by atoms with Crippen molar-refractivity contribution < 1.29 is 0 Å². The van der Waals surface area contributed by atoms with Crippen LogP contribution in [0.25, 0.3) is 0 Å². The van der Waals surface area contributed by atoms with Gasteiger partial charge in [-0.05, 0) is 36.8 Å². The molecule has 18 heavy (non-hydrogen) atoms. The van der Waals surface area contributed by atoms with E-state index in [1.54, 1.807) is 0 Å². The van der Waals surface area contributed by atoms with E-state index in [1.807, 2.05) is 0 Å². The van der Waals surface area contributed by atoms with Gasteiger partial charge >= 0.3 is 0 Å². The third-order valence-corrected chi connectivity index (χ3v) is 3.50. The first kappa shape index (κ1) is 17.3. The van der Waals surface area contributed by atoms with E-state index in [-0.39, 0.29) is 0 Å². The second-order valence-electron chi connectivity index (χ2n) is 5.23. The summed E-state index contributed by atoms with van der Waals surface area (Å²) in [4.78, 5) is 0. The van der Waals surface area contributed by atoms with E-state index in [4.69, 9.17) is 0 Å². The van der Waals surface area contributed by atoms with Gasteiger partial charge in [-0.15, -0.1) is 5.73 Å². The number of unbranched alkanes of at least 4 members (excludes halogenated alkanes) is 7. The third-order valence-electron chi connectivity index (χ3n) is 3.50. The summed E-state index contributed by atoms with van der Waals surface area (Å²) in [6.45, 7) is 12.5. The molecule has 0 saturated carbocycles. The molecular formula is C18H32. The van der Waals surface area contributed by atoms with Crippen molar-refractivity contribution in [2.24, 2.45) is 0 Å². The average molecular weight is 248 g/mol. The lowest BCUT2D eigenvalue weighted by Gasteiger charge is -2.08. The monoisotopic (exact) mass is 248 g/mol. The summed E-state index contributed by atoms with van der Waals surface area (Å²) < 4.78 is 0. The lowest BCUT2D eigenvalue weighted by molar-refractivity contribution is 0.627. The van der Waals surface area contributed by atoms with Crippen LogP contribution >= 0.6 is 0 Å². The van der Waals surface area contributed by atoms with E-state index in [0.717, 1.165) is 12.8 Å². The number of rotatable bonds is 12. The lowest BCUT2D eigenvalue weighted by Crippen LogP contribution is -1.90. The number of hydrogen-bond donors (Lipinski definition) is 0. The van der Waals surface area contributed by atoms with Gasteiger partial charge in [0.2, 0.25) is 0 Å². The van der Waals surface area contributed by atoms with Gasteiger partial charge in [0.1, 0.15) is 0 Å². The number of allylic oxidation sites excluding steroid dienone is 2. The summed E-state index contributed by atoms with van der Waals surface area (Å²) in [5, 5.41) is 0. The fourth-order valence-corrected chi connectivity index (χ4v) is 2.21. The minimum Gasteiger partial charge on any atom is -0.125 e. The number of hydrogen-bond acceptors (Lipinski definition) is 0. The zero-order valence-corrected chi connectivity index (χ0v) is 12.7. The molecule has 0 amide bonds. The van der Waals surface area contributed by atoms with Crippen molar-refractivity contribution in [3.63, 3.8) is 0 Å². The molecule has 0 heteroatoms. The maximum absolute atomic E-state index is 4.20. The Morgan fingerprint density at radius 1 is 0.778 bits per heavy atom. The standard InChI is InChI=1S/C18H32/c1-5-8-10-12-14-16-18(7-3)17(4)15-13-11-9-6-2/h3-6,8-16H2,1-2H3. The van der Waals surface area contributed by atoms with Gasteiger partial charge in [0.15, 0.2) is 0 Å². The van der Waals surface area contributed by atoms with Crippen molar-refractivity contribution in [2.75, 3.05) is 0 Å². The first-order valence-electron chi connectivity index (χ1n) is 7.83. The minimum absolute atomic E-state index is 1.12. The van der Waals surface area contributed by atoms with Gasteiger partial charge in [0.25, 0.3) is 0 Å². The highest BCUT2D eigenvalue weighted by atomic mass is 14.1. The Kier molecular flexibility index (Phi) is 12.2. The first-order chi connectivity index (χ1) is 8.76. The lowest BCUT2D eigenvalue weighted by atomic mass is 9.96. The van der Waals surface area contributed by atoms with Crippen LogP contribution in [0.2, 0.25) is 0 Å². The second kappa shape index (κ2) is 12.7. The highest BCUT2D eigenvalue weighted by Crippen LogP contribution is 2.21. The topological polar surface area (TPSA) is 0 Å². The van der Waals surface area contributed by atoms with Crippen LogP contribution in [0.1, 0.15) is 84.5 Å². The molecule has 0 aromatic rings. The van der Waals surface area contributed by atoms with Gasteiger partial charge in [0.05, 0.1) is 0 Å². The maximum Gasteiger partial charge on any atom is -0.00405 e. The first-order valence-corrected chi connectivity index (χ1v) is 7.83. The van der Waals surface area contributed by atoms with E-state index >= 15 is 0 Å². The zero-order valence-electron chi connectivity index (χ0n) is 12.7. The Bertz CT molecular complexity index is 253. The van der Waals surface area contributed by atoms with Gasteiger partial charge in [0, 0.05) is 0 Å². The molecule has 0 aliphatic heterocycles. The zero-order chi connectivity index (χ0) is 13.6. The predicted molar refractivity (Wildman–Crippen MR) is 83.9 cm³/mol. The van der Waals surface area contributed by atoms with Gasteiger partial charge in [-0.1, -0.05) is 72.0 Å². The molecular weight excluding hydrogens is 216 g/mol. The van der Waals surface area contributed by atoms with Gasteiger partial charge < -0.3 is 0 Å². The van der Waals surface area contributed by atoms with E-state index in [9.17, 15) is 0 Å². The Labute approximate surface area is 115 Å². The molecule has 0 fully saturated rings. The fourth-order valence-electron chi connectivity index (χ4n) is 2.21. The quantitative estimate of drug-likeness (QED) is 0.208. The highest BCUT2D eigenvalue weighted by molar-refractivity contribution is 5.26. The summed E-state index contributed by atoms with van der Waals surface area (Å²) in [7, 11) is 0. The Hall–Kier alpha value is -0.740. The van der Waals surface area contributed by atoms with Gasteiger partial charge in [-0.25, -0.2) is 0 Å². The Morgan fingerprint density at radius 2 is 1.28 bits per heavy atom. The SMILES string of the molecule is C=C=C(CCCCCCC)C(=C)CCCCCC. The summed E-state index contributed by atoms with van der Waals surface area (Å²) >= 11 is 0. The van der Waals surface area contributed by atoms with Gasteiger partial charge in [-0.2, -0.15) is 0 Å². The van der Waals surface area contributed by atoms with E-state index < -0.39 is 0 Å². The summed E-state index contributed by atoms with van der Waals surface area (Å²) in [6, 6.07) is 0. The normalized spacial score (nSPS) is 10.1. The maximum atomic E-state index is 4.20. The van der Waals surface area contributed by atoms with Crippen molar-refractivity contribution in [3.8, 4) is 0 Å². The molecule has 0 N–H and O–H groups in total. The molecule has 0 unspecified atom stereocenters. The van der Waals surface area contributed by atoms with Crippen LogP contribution in [-0.4, -0.2) is 0 Å². The van der Waals surface area contributed by atoms with Crippen LogP contribution in [0, 0.1) is 0 Å². The van der Waals surface area contributed by atoms with Crippen molar-refractivity contribution in [1.29, 1.82) is 0 Å². The summed E-state index contributed by atoms with van der Waals surface area (Å²) in [6.07, 6.45) is 14.2. The molecule has 0 radical (unpaired) electrons. The predicted octanol–water partition coefficient (Wildman–Crippen LogP) is 6.58. The summed E-state index contributed by atoms with van der Waals surface area (Å²) in [5.41, 5.74) is 5.66. The molecule has 0 heterocycles. The average Bonchev–Trinajstić information content (AvgIpc) is 2.39. The molecule has 0 aliphatic rings. The molecule has 0 aliphatic carbocycles. The smallest absolute Gasteiger partial charge is 0.00405 e. The molecule has 0 spiro atoms. The molecule has 0 aromatic heterocycles. The fraction of sp³-hybridized carbons (Fsp3) is 0.722. The molecule has 104 valence electrons. The van der Waals surface area contributed by atoms with E-state index in [2.05, 4.69) is 32.7 Å². The van der Waals surface area contributed by atoms with Crippen LogP contribution in [-0.2, 0) is 0 Å². The molecule has 0 rings (SSSR count). The molecule has 0 saturated heterocycles. The van der Waals surface area contributed by atoms with Crippen LogP contribution in [0.5, 0.6) is 0 Å². The van der Waals surface area contributed by atoms with Crippen molar-refractivity contribution in [1.82, 2.24) is 0 Å². The van der Waals surface area contributed by atoms with E-state index in [1.165, 1.54) is 68.9 Å². The van der Waals surface area contributed by atoms with Crippen molar-refractivity contribution in [3.05, 3.63) is 30.0 Å². The Morgan fingerprint density at radius 3 is 1.83 bits per heavy atom. The summed E-state index contributed by atoms with van der Waals surface area (Å²) in [5.74, 6) is 0. The molecule has 0 nitrogen and oxygen atoms in total. The van der Waals surface area contributed by atoms with Crippen LogP contribution in [0.3, 0.4) is 0 Å². The van der Waals surface area contributed by atoms with Crippen LogP contribution in [0.15, 0.2) is 30.0 Å². The van der Waals surface area contributed by atoms with Crippen LogP contribution in [0.4, 0.5) is 0 Å². The van der Waals surface area contributed by atoms with Crippen molar-refractivity contribution >= 4 is 0 Å². The third kappa shape index (κ3) is 9.31. The molecule has 0 aromatic carbocycles. The van der Waals surface area contributed by atoms with Gasteiger partial charge in [-0.3, -0.25) is 0 Å². The molecule has 0 atom stereocenters. The Balaban J connectivity index is 3.74. The van der Waals surface area contributed by atoms with Crippen LogP contribution < -0.4 is 0 Å². The molecule has 0 bridgehead atoms. The van der Waals surface area contributed by atoms with Crippen molar-refractivity contribution in [2.45, 2.75) is 84.5 Å². The largest absolute Gasteiger partial charge is 0.125 e. The second-order valence-corrected chi connectivity index (χ2v) is 5.23. The minimum atomic E-state index is 1.12.